The van der Waals surface area contributed by atoms with Crippen molar-refractivity contribution in [3.05, 3.63) is 105 Å². The van der Waals surface area contributed by atoms with Crippen LogP contribution in [-0.4, -0.2) is 67.8 Å². The van der Waals surface area contributed by atoms with E-state index in [4.69, 9.17) is 23.2 Å². The molecular formula is C33H35Cl2N5O2S. The molecule has 2 heterocycles. The largest absolute Gasteiger partial charge is 0.339 e. The number of hydrogen-bond donors (Lipinski definition) is 0. The van der Waals surface area contributed by atoms with Crippen LogP contribution in [0.4, 0.5) is 0 Å². The molecular weight excluding hydrogens is 601 g/mol. The quantitative estimate of drug-likeness (QED) is 0.137. The van der Waals surface area contributed by atoms with Gasteiger partial charge in [0.25, 0.3) is 5.91 Å². The van der Waals surface area contributed by atoms with Crippen LogP contribution in [0.5, 0.6) is 0 Å². The van der Waals surface area contributed by atoms with Crippen molar-refractivity contribution < 1.29 is 9.59 Å². The summed E-state index contributed by atoms with van der Waals surface area (Å²) in [6.45, 7) is 5.58. The van der Waals surface area contributed by atoms with Gasteiger partial charge in [0.15, 0.2) is 5.16 Å². The molecule has 0 spiro atoms. The molecule has 0 N–H and O–H groups in total. The Morgan fingerprint density at radius 2 is 1.65 bits per heavy atom. The van der Waals surface area contributed by atoms with Gasteiger partial charge in [-0.2, -0.15) is 0 Å². The van der Waals surface area contributed by atoms with E-state index in [-0.39, 0.29) is 17.9 Å². The van der Waals surface area contributed by atoms with Gasteiger partial charge in [-0.1, -0.05) is 83.5 Å². The lowest BCUT2D eigenvalue weighted by molar-refractivity contribution is -0.133. The summed E-state index contributed by atoms with van der Waals surface area (Å²) in [5.74, 6) is 1.75. The second-order valence-electron chi connectivity index (χ2n) is 10.8. The third-order valence-corrected chi connectivity index (χ3v) is 9.08. The smallest absolute Gasteiger partial charge is 0.254 e. The van der Waals surface area contributed by atoms with E-state index >= 15 is 0 Å². The average molecular weight is 637 g/mol. The highest BCUT2D eigenvalue weighted by Crippen LogP contribution is 2.27. The first-order valence-electron chi connectivity index (χ1n) is 14.5. The van der Waals surface area contributed by atoms with Gasteiger partial charge < -0.3 is 9.80 Å². The predicted octanol–water partition coefficient (Wildman–Crippen LogP) is 7.11. The van der Waals surface area contributed by atoms with E-state index in [1.807, 2.05) is 42.2 Å². The molecule has 1 atom stereocenters. The topological polar surface area (TPSA) is 71.3 Å². The van der Waals surface area contributed by atoms with Gasteiger partial charge in [0, 0.05) is 59.9 Å². The van der Waals surface area contributed by atoms with Crippen LogP contribution in [0.3, 0.4) is 0 Å². The predicted molar refractivity (Wildman–Crippen MR) is 173 cm³/mol. The van der Waals surface area contributed by atoms with Gasteiger partial charge in [0.05, 0.1) is 5.69 Å². The second kappa shape index (κ2) is 14.4. The molecule has 5 rings (SSSR count). The minimum Gasteiger partial charge on any atom is -0.339 e. The second-order valence-corrected chi connectivity index (χ2v) is 12.8. The van der Waals surface area contributed by atoms with Gasteiger partial charge in [-0.05, 0) is 62.1 Å². The molecule has 0 saturated carbocycles. The zero-order valence-corrected chi connectivity index (χ0v) is 26.7. The lowest BCUT2D eigenvalue weighted by atomic mass is 10.1. The van der Waals surface area contributed by atoms with E-state index in [0.717, 1.165) is 40.8 Å². The molecule has 224 valence electrons. The number of unbranched alkanes of at least 4 members (excludes halogenated alkanes) is 1. The molecule has 0 bridgehead atoms. The van der Waals surface area contributed by atoms with Crippen molar-refractivity contribution in [1.29, 1.82) is 0 Å². The highest BCUT2D eigenvalue weighted by Gasteiger charge is 2.30. The van der Waals surface area contributed by atoms with Crippen LogP contribution in [0.25, 0.3) is 5.69 Å². The SMILES string of the molecule is Cc1ccccc1-n1c(Cc2ccccc2)nnc1SCCCCC(=O)N1CCN(C(=O)c2cc(Cl)cc(Cl)c2)C(C)C1. The maximum absolute atomic E-state index is 13.1. The van der Waals surface area contributed by atoms with Crippen molar-refractivity contribution >= 4 is 46.8 Å². The van der Waals surface area contributed by atoms with Crippen LogP contribution in [0.2, 0.25) is 10.0 Å². The number of hydrogen-bond acceptors (Lipinski definition) is 5. The van der Waals surface area contributed by atoms with Gasteiger partial charge in [-0.25, -0.2) is 0 Å². The van der Waals surface area contributed by atoms with Crippen molar-refractivity contribution in [3.63, 3.8) is 0 Å². The molecule has 1 saturated heterocycles. The van der Waals surface area contributed by atoms with Gasteiger partial charge in [0.1, 0.15) is 5.82 Å². The maximum Gasteiger partial charge on any atom is 0.254 e. The Labute approximate surface area is 267 Å². The van der Waals surface area contributed by atoms with Crippen LogP contribution < -0.4 is 0 Å². The molecule has 1 aliphatic rings. The number of carbonyl (C=O) groups is 2. The fourth-order valence-electron chi connectivity index (χ4n) is 5.37. The summed E-state index contributed by atoms with van der Waals surface area (Å²) in [5, 5.41) is 10.8. The lowest BCUT2D eigenvalue weighted by Crippen LogP contribution is -2.55. The highest BCUT2D eigenvalue weighted by atomic mass is 35.5. The third-order valence-electron chi connectivity index (χ3n) is 7.63. The van der Waals surface area contributed by atoms with Crippen LogP contribution in [-0.2, 0) is 11.2 Å². The fraction of sp³-hybridized carbons (Fsp3) is 0.333. The highest BCUT2D eigenvalue weighted by molar-refractivity contribution is 7.99. The van der Waals surface area contributed by atoms with E-state index < -0.39 is 0 Å². The Balaban J connectivity index is 1.13. The molecule has 43 heavy (non-hydrogen) atoms. The fourth-order valence-corrected chi connectivity index (χ4v) is 6.86. The molecule has 1 aromatic heterocycles. The van der Waals surface area contributed by atoms with Crippen LogP contribution in [0.1, 0.15) is 53.5 Å². The molecule has 1 aliphatic heterocycles. The first kappa shape index (κ1) is 31.1. The van der Waals surface area contributed by atoms with Crippen LogP contribution in [0.15, 0.2) is 78.0 Å². The normalized spacial score (nSPS) is 15.1. The van der Waals surface area contributed by atoms with Gasteiger partial charge in [-0.15, -0.1) is 10.2 Å². The van der Waals surface area contributed by atoms with Gasteiger partial charge in [-0.3, -0.25) is 14.2 Å². The zero-order valence-electron chi connectivity index (χ0n) is 24.4. The number of halogens is 2. The van der Waals surface area contributed by atoms with Crippen LogP contribution >= 0.6 is 35.0 Å². The molecule has 4 aromatic rings. The van der Waals surface area contributed by atoms with Crippen molar-refractivity contribution in [2.24, 2.45) is 0 Å². The minimum absolute atomic E-state index is 0.101. The first-order chi connectivity index (χ1) is 20.8. The van der Waals surface area contributed by atoms with Gasteiger partial charge in [0.2, 0.25) is 5.91 Å². The number of benzene rings is 3. The van der Waals surface area contributed by atoms with E-state index in [9.17, 15) is 9.59 Å². The number of rotatable bonds is 10. The number of aryl methyl sites for hydroxylation is 1. The number of thioether (sulfide) groups is 1. The van der Waals surface area contributed by atoms with Crippen LogP contribution in [0, 0.1) is 6.92 Å². The van der Waals surface area contributed by atoms with E-state index in [1.165, 1.54) is 5.56 Å². The number of aromatic nitrogens is 3. The Bertz CT molecular complexity index is 1560. The summed E-state index contributed by atoms with van der Waals surface area (Å²) in [5.41, 5.74) is 3.90. The summed E-state index contributed by atoms with van der Waals surface area (Å²) in [4.78, 5) is 29.8. The number of amides is 2. The Hall–Kier alpha value is -3.33. The number of piperazine rings is 1. The lowest BCUT2D eigenvalue weighted by Gasteiger charge is -2.40. The minimum atomic E-state index is -0.119. The Morgan fingerprint density at radius 1 is 0.930 bits per heavy atom. The summed E-state index contributed by atoms with van der Waals surface area (Å²) in [7, 11) is 0. The first-order valence-corrected chi connectivity index (χ1v) is 16.3. The number of para-hydroxylation sites is 1. The number of nitrogens with zero attached hydrogens (tertiary/aromatic N) is 5. The van der Waals surface area contributed by atoms with Crippen molar-refractivity contribution in [2.75, 3.05) is 25.4 Å². The van der Waals surface area contributed by atoms with Crippen molar-refractivity contribution in [3.8, 4) is 5.69 Å². The Kier molecular flexibility index (Phi) is 10.4. The standard InChI is InChI=1S/C33H35Cl2N5O2S/c1-23-10-6-7-13-29(23)40-30(18-25-11-4-3-5-12-25)36-37-33(40)43-17-9-8-14-31(41)38-15-16-39(24(2)22-38)32(42)26-19-27(34)21-28(35)20-26/h3-7,10-13,19-21,24H,8-9,14-18,22H2,1-2H3. The summed E-state index contributed by atoms with van der Waals surface area (Å²) >= 11 is 13.9. The average Bonchev–Trinajstić information content (AvgIpc) is 3.38. The zero-order chi connectivity index (χ0) is 30.3. The van der Waals surface area contributed by atoms with E-state index in [1.54, 1.807) is 34.9 Å². The molecule has 3 aromatic carbocycles. The molecule has 10 heteroatoms. The maximum atomic E-state index is 13.1. The molecule has 7 nitrogen and oxygen atoms in total. The summed E-state index contributed by atoms with van der Waals surface area (Å²) in [6, 6.07) is 23.4. The molecule has 2 amide bonds. The monoisotopic (exact) mass is 635 g/mol. The summed E-state index contributed by atoms with van der Waals surface area (Å²) < 4.78 is 2.16. The van der Waals surface area contributed by atoms with Crippen molar-refractivity contribution in [1.82, 2.24) is 24.6 Å². The van der Waals surface area contributed by atoms with E-state index in [2.05, 4.69) is 46.0 Å². The molecule has 1 fully saturated rings. The Morgan fingerprint density at radius 3 is 2.37 bits per heavy atom. The third kappa shape index (κ3) is 7.80. The number of carbonyl (C=O) groups excluding carboxylic acids is 2. The molecule has 0 radical (unpaired) electrons. The summed E-state index contributed by atoms with van der Waals surface area (Å²) in [6.07, 6.45) is 2.85. The van der Waals surface area contributed by atoms with Gasteiger partial charge >= 0.3 is 0 Å². The van der Waals surface area contributed by atoms with E-state index in [0.29, 0.717) is 48.1 Å². The molecule has 0 aliphatic carbocycles. The molecule has 1 unspecified atom stereocenters. The van der Waals surface area contributed by atoms with Crippen molar-refractivity contribution in [2.45, 2.75) is 50.7 Å².